The Hall–Kier alpha value is -0.580. The quantitative estimate of drug-likeness (QED) is 0.847. The van der Waals surface area contributed by atoms with Crippen LogP contribution in [-0.2, 0) is 4.74 Å². The Balaban J connectivity index is 2.58. The molecule has 3 nitrogen and oxygen atoms in total. The van der Waals surface area contributed by atoms with Crippen LogP contribution < -0.4 is 5.32 Å². The number of halogens is 2. The first kappa shape index (κ1) is 14.5. The van der Waals surface area contributed by atoms with E-state index in [0.717, 1.165) is 5.56 Å². The van der Waals surface area contributed by atoms with Crippen LogP contribution in [0.2, 0.25) is 5.02 Å². The number of carbonyl (C=O) groups excluding carboxylic acids is 1. The highest BCUT2D eigenvalue weighted by atomic mass is 79.9. The van der Waals surface area contributed by atoms with E-state index in [9.17, 15) is 4.79 Å². The second-order valence-corrected chi connectivity index (χ2v) is 5.45. The summed E-state index contributed by atoms with van der Waals surface area (Å²) in [5.41, 5.74) is 1.51. The molecule has 1 N–H and O–H groups in total. The maximum Gasteiger partial charge on any atom is 0.251 e. The molecule has 5 heteroatoms. The number of benzene rings is 1. The number of ether oxygens (including phenoxy) is 1. The van der Waals surface area contributed by atoms with Gasteiger partial charge in [-0.05, 0) is 30.7 Å². The highest BCUT2D eigenvalue weighted by Gasteiger charge is 2.11. The van der Waals surface area contributed by atoms with Gasteiger partial charge in [-0.15, -0.1) is 0 Å². The fourth-order valence-electron chi connectivity index (χ4n) is 1.42. The number of amides is 1. The lowest BCUT2D eigenvalue weighted by Gasteiger charge is -2.11. The van der Waals surface area contributed by atoms with Crippen molar-refractivity contribution in [3.63, 3.8) is 0 Å². The highest BCUT2D eigenvalue weighted by molar-refractivity contribution is 9.09. The minimum absolute atomic E-state index is 0.0975. The Morgan fingerprint density at radius 2 is 2.29 bits per heavy atom. The molecule has 0 aliphatic heterocycles. The van der Waals surface area contributed by atoms with Gasteiger partial charge in [-0.25, -0.2) is 0 Å². The molecule has 0 aromatic heterocycles. The lowest BCUT2D eigenvalue weighted by Crippen LogP contribution is -2.31. The first-order valence-corrected chi connectivity index (χ1v) is 6.51. The van der Waals surface area contributed by atoms with Crippen LogP contribution in [0.3, 0.4) is 0 Å². The van der Waals surface area contributed by atoms with Crippen LogP contribution in [0.5, 0.6) is 0 Å². The fraction of sp³-hybridized carbons (Fsp3) is 0.417. The van der Waals surface area contributed by atoms with Crippen LogP contribution in [0.15, 0.2) is 18.2 Å². The standard InChI is InChI=1S/C12H15BrClNO2/c1-8-5-10(14)3-4-11(8)12(16)15-6-9(13)7-17-2/h3-5,9H,6-7H2,1-2H3,(H,15,16). The summed E-state index contributed by atoms with van der Waals surface area (Å²) in [7, 11) is 1.62. The number of hydrogen-bond donors (Lipinski definition) is 1. The maximum atomic E-state index is 11.9. The smallest absolute Gasteiger partial charge is 0.251 e. The van der Waals surface area contributed by atoms with Gasteiger partial charge in [0.2, 0.25) is 0 Å². The summed E-state index contributed by atoms with van der Waals surface area (Å²) >= 11 is 9.24. The van der Waals surface area contributed by atoms with E-state index in [-0.39, 0.29) is 10.7 Å². The normalized spacial score (nSPS) is 12.2. The molecule has 1 rings (SSSR count). The van der Waals surface area contributed by atoms with Crippen LogP contribution in [0.4, 0.5) is 0 Å². The number of nitrogens with one attached hydrogen (secondary N) is 1. The van der Waals surface area contributed by atoms with E-state index < -0.39 is 0 Å². The van der Waals surface area contributed by atoms with Crippen LogP contribution in [0.1, 0.15) is 15.9 Å². The molecule has 0 radical (unpaired) electrons. The average Bonchev–Trinajstić information content (AvgIpc) is 2.26. The minimum atomic E-state index is -0.0975. The second kappa shape index (κ2) is 6.99. The molecule has 17 heavy (non-hydrogen) atoms. The van der Waals surface area contributed by atoms with Gasteiger partial charge in [-0.1, -0.05) is 27.5 Å². The third-order valence-corrected chi connectivity index (χ3v) is 3.09. The molecule has 0 aliphatic carbocycles. The van der Waals surface area contributed by atoms with Crippen molar-refractivity contribution in [2.24, 2.45) is 0 Å². The molecule has 1 unspecified atom stereocenters. The van der Waals surface area contributed by atoms with Crippen molar-refractivity contribution in [3.8, 4) is 0 Å². The van der Waals surface area contributed by atoms with Gasteiger partial charge < -0.3 is 10.1 Å². The van der Waals surface area contributed by atoms with E-state index in [2.05, 4.69) is 21.2 Å². The molecule has 1 aromatic carbocycles. The van der Waals surface area contributed by atoms with Crippen molar-refractivity contribution in [3.05, 3.63) is 34.3 Å². The third kappa shape index (κ3) is 4.66. The van der Waals surface area contributed by atoms with Crippen molar-refractivity contribution in [2.45, 2.75) is 11.8 Å². The van der Waals surface area contributed by atoms with Gasteiger partial charge in [0.15, 0.2) is 0 Å². The van der Waals surface area contributed by atoms with Crippen molar-refractivity contribution in [1.82, 2.24) is 5.32 Å². The zero-order valence-electron chi connectivity index (χ0n) is 9.80. The Kier molecular flexibility index (Phi) is 5.95. The lowest BCUT2D eigenvalue weighted by molar-refractivity contribution is 0.0949. The molecule has 1 aromatic rings. The van der Waals surface area contributed by atoms with Gasteiger partial charge >= 0.3 is 0 Å². The van der Waals surface area contributed by atoms with Crippen molar-refractivity contribution < 1.29 is 9.53 Å². The number of rotatable bonds is 5. The second-order valence-electron chi connectivity index (χ2n) is 3.72. The zero-order valence-corrected chi connectivity index (χ0v) is 12.1. The van der Waals surface area contributed by atoms with E-state index in [0.29, 0.717) is 23.7 Å². The molecule has 94 valence electrons. The Morgan fingerprint density at radius 3 is 2.88 bits per heavy atom. The van der Waals surface area contributed by atoms with Gasteiger partial charge in [0.25, 0.3) is 5.91 Å². The SMILES string of the molecule is COCC(Br)CNC(=O)c1ccc(Cl)cc1C. The van der Waals surface area contributed by atoms with Crippen LogP contribution in [0.25, 0.3) is 0 Å². The van der Waals surface area contributed by atoms with E-state index in [1.54, 1.807) is 25.3 Å². The largest absolute Gasteiger partial charge is 0.383 e. The summed E-state index contributed by atoms with van der Waals surface area (Å²) in [6.07, 6.45) is 0. The van der Waals surface area contributed by atoms with Crippen LogP contribution in [0, 0.1) is 6.92 Å². The molecule has 1 amide bonds. The summed E-state index contributed by atoms with van der Waals surface area (Å²) in [6.45, 7) is 2.94. The first-order chi connectivity index (χ1) is 8.04. The monoisotopic (exact) mass is 319 g/mol. The van der Waals surface area contributed by atoms with E-state index in [1.165, 1.54) is 0 Å². The molecule has 0 bridgehead atoms. The predicted molar refractivity (Wildman–Crippen MR) is 73.1 cm³/mol. The molecular formula is C12H15BrClNO2. The molecule has 0 spiro atoms. The molecule has 0 fully saturated rings. The van der Waals surface area contributed by atoms with Crippen molar-refractivity contribution in [2.75, 3.05) is 20.3 Å². The van der Waals surface area contributed by atoms with E-state index >= 15 is 0 Å². The topological polar surface area (TPSA) is 38.3 Å². The number of methoxy groups -OCH3 is 1. The molecule has 0 saturated heterocycles. The minimum Gasteiger partial charge on any atom is -0.383 e. The molecule has 0 aliphatic rings. The summed E-state index contributed by atoms with van der Waals surface area (Å²) in [4.78, 5) is 12.0. The van der Waals surface area contributed by atoms with Crippen molar-refractivity contribution >= 4 is 33.4 Å². The summed E-state index contributed by atoms with van der Waals surface area (Å²) < 4.78 is 4.97. The van der Waals surface area contributed by atoms with E-state index in [4.69, 9.17) is 16.3 Å². The number of hydrogen-bond acceptors (Lipinski definition) is 2. The maximum absolute atomic E-state index is 11.9. The van der Waals surface area contributed by atoms with E-state index in [1.807, 2.05) is 6.92 Å². The Labute approximate surface area is 115 Å². The van der Waals surface area contributed by atoms with Gasteiger partial charge in [-0.2, -0.15) is 0 Å². The number of alkyl halides is 1. The highest BCUT2D eigenvalue weighted by Crippen LogP contribution is 2.15. The number of carbonyl (C=O) groups is 1. The molecule has 0 heterocycles. The summed E-state index contributed by atoms with van der Waals surface area (Å²) in [6, 6.07) is 5.22. The first-order valence-electron chi connectivity index (χ1n) is 5.22. The predicted octanol–water partition coefficient (Wildman–Crippen LogP) is 2.79. The van der Waals surface area contributed by atoms with Crippen molar-refractivity contribution in [1.29, 1.82) is 0 Å². The molecule has 0 saturated carbocycles. The fourth-order valence-corrected chi connectivity index (χ4v) is 2.07. The molecular weight excluding hydrogens is 305 g/mol. The van der Waals surface area contributed by atoms with Gasteiger partial charge in [0, 0.05) is 24.2 Å². The van der Waals surface area contributed by atoms with Crippen LogP contribution in [-0.4, -0.2) is 31.0 Å². The van der Waals surface area contributed by atoms with Gasteiger partial charge in [-0.3, -0.25) is 4.79 Å². The number of aryl methyl sites for hydroxylation is 1. The Bertz CT molecular complexity index is 398. The lowest BCUT2D eigenvalue weighted by atomic mass is 10.1. The van der Waals surface area contributed by atoms with Gasteiger partial charge in [0.1, 0.15) is 0 Å². The Morgan fingerprint density at radius 1 is 1.59 bits per heavy atom. The summed E-state index contributed by atoms with van der Waals surface area (Å²) in [5, 5.41) is 3.47. The van der Waals surface area contributed by atoms with Gasteiger partial charge in [0.05, 0.1) is 11.4 Å². The summed E-state index contributed by atoms with van der Waals surface area (Å²) in [5.74, 6) is -0.0975. The van der Waals surface area contributed by atoms with Crippen LogP contribution >= 0.6 is 27.5 Å². The third-order valence-electron chi connectivity index (χ3n) is 2.26. The molecule has 1 atom stereocenters. The average molecular weight is 321 g/mol. The zero-order chi connectivity index (χ0) is 12.8.